The Hall–Kier alpha value is -0.870. The highest BCUT2D eigenvalue weighted by atomic mass is 32.2. The van der Waals surface area contributed by atoms with Crippen LogP contribution in [-0.2, 0) is 16.4 Å². The van der Waals surface area contributed by atoms with Crippen molar-refractivity contribution in [1.82, 2.24) is 5.32 Å². The third kappa shape index (κ3) is 3.54. The lowest BCUT2D eigenvalue weighted by Gasteiger charge is -2.11. The lowest BCUT2D eigenvalue weighted by Crippen LogP contribution is -2.29. The molecule has 0 saturated carbocycles. The highest BCUT2D eigenvalue weighted by Crippen LogP contribution is 2.13. The molecule has 1 heterocycles. The molecular weight excluding hydrogens is 234 g/mol. The molecule has 4 heteroatoms. The predicted molar refractivity (Wildman–Crippen MR) is 69.8 cm³/mol. The van der Waals surface area contributed by atoms with E-state index in [1.165, 1.54) is 16.7 Å². The third-order valence-corrected chi connectivity index (χ3v) is 4.88. The SMILES string of the molecule is Cc1cc(C)cc(CNC2CCS(=O)(=O)C2)c1. The van der Waals surface area contributed by atoms with E-state index in [2.05, 4.69) is 37.4 Å². The lowest BCUT2D eigenvalue weighted by molar-refractivity contribution is 0.554. The van der Waals surface area contributed by atoms with Gasteiger partial charge in [0.15, 0.2) is 9.84 Å². The number of aryl methyl sites for hydroxylation is 2. The van der Waals surface area contributed by atoms with Crippen LogP contribution in [0.1, 0.15) is 23.1 Å². The fraction of sp³-hybridized carbons (Fsp3) is 0.538. The predicted octanol–water partition coefficient (Wildman–Crippen LogP) is 1.58. The second-order valence-corrected chi connectivity index (χ2v) is 7.21. The molecule has 0 amide bonds. The Morgan fingerprint density at radius 3 is 2.41 bits per heavy atom. The fourth-order valence-electron chi connectivity index (χ4n) is 2.39. The van der Waals surface area contributed by atoms with Crippen molar-refractivity contribution in [3.8, 4) is 0 Å². The Balaban J connectivity index is 1.94. The molecule has 1 aromatic carbocycles. The van der Waals surface area contributed by atoms with Crippen LogP contribution in [0.2, 0.25) is 0 Å². The molecular formula is C13H19NO2S. The summed E-state index contributed by atoms with van der Waals surface area (Å²) in [6, 6.07) is 6.55. The summed E-state index contributed by atoms with van der Waals surface area (Å²) in [5.74, 6) is 0.620. The standard InChI is InChI=1S/C13H19NO2S/c1-10-5-11(2)7-12(6-10)8-14-13-3-4-17(15,16)9-13/h5-7,13-14H,3-4,8-9H2,1-2H3. The van der Waals surface area contributed by atoms with Gasteiger partial charge in [0.2, 0.25) is 0 Å². The first-order valence-corrected chi connectivity index (χ1v) is 7.78. The molecule has 0 radical (unpaired) electrons. The van der Waals surface area contributed by atoms with Gasteiger partial charge in [-0.3, -0.25) is 0 Å². The first kappa shape index (κ1) is 12.6. The van der Waals surface area contributed by atoms with E-state index in [0.29, 0.717) is 5.75 Å². The third-order valence-electron chi connectivity index (χ3n) is 3.11. The second-order valence-electron chi connectivity index (χ2n) is 4.98. The van der Waals surface area contributed by atoms with Gasteiger partial charge in [-0.25, -0.2) is 8.42 Å². The van der Waals surface area contributed by atoms with E-state index in [1.807, 2.05) is 0 Å². The second kappa shape index (κ2) is 4.78. The van der Waals surface area contributed by atoms with Gasteiger partial charge in [0.25, 0.3) is 0 Å². The van der Waals surface area contributed by atoms with Gasteiger partial charge < -0.3 is 5.32 Å². The van der Waals surface area contributed by atoms with Crippen LogP contribution in [0.4, 0.5) is 0 Å². The summed E-state index contributed by atoms with van der Waals surface area (Å²) in [5.41, 5.74) is 3.73. The van der Waals surface area contributed by atoms with Crippen LogP contribution in [0.25, 0.3) is 0 Å². The van der Waals surface area contributed by atoms with Gasteiger partial charge in [-0.2, -0.15) is 0 Å². The maximum Gasteiger partial charge on any atom is 0.151 e. The summed E-state index contributed by atoms with van der Waals surface area (Å²) in [5, 5.41) is 3.33. The van der Waals surface area contributed by atoms with E-state index in [1.54, 1.807) is 0 Å². The fourth-order valence-corrected chi connectivity index (χ4v) is 4.10. The summed E-state index contributed by atoms with van der Waals surface area (Å²) < 4.78 is 22.6. The Morgan fingerprint density at radius 2 is 1.88 bits per heavy atom. The quantitative estimate of drug-likeness (QED) is 0.889. The normalized spacial score (nSPS) is 22.8. The maximum absolute atomic E-state index is 11.3. The van der Waals surface area contributed by atoms with Crippen molar-refractivity contribution < 1.29 is 8.42 Å². The molecule has 1 aliphatic heterocycles. The van der Waals surface area contributed by atoms with Crippen LogP contribution in [0, 0.1) is 13.8 Å². The lowest BCUT2D eigenvalue weighted by atomic mass is 10.1. The van der Waals surface area contributed by atoms with Crippen LogP contribution in [0.5, 0.6) is 0 Å². The largest absolute Gasteiger partial charge is 0.309 e. The molecule has 0 aromatic heterocycles. The van der Waals surface area contributed by atoms with Crippen molar-refractivity contribution in [3.05, 3.63) is 34.9 Å². The molecule has 3 nitrogen and oxygen atoms in total. The van der Waals surface area contributed by atoms with E-state index in [4.69, 9.17) is 0 Å². The molecule has 0 bridgehead atoms. The number of sulfone groups is 1. The van der Waals surface area contributed by atoms with E-state index in [-0.39, 0.29) is 11.8 Å². The van der Waals surface area contributed by atoms with Crippen molar-refractivity contribution in [2.75, 3.05) is 11.5 Å². The number of nitrogens with one attached hydrogen (secondary N) is 1. The maximum atomic E-state index is 11.3. The van der Waals surface area contributed by atoms with Gasteiger partial charge in [-0.05, 0) is 25.8 Å². The van der Waals surface area contributed by atoms with Crippen molar-refractivity contribution in [1.29, 1.82) is 0 Å². The molecule has 1 fully saturated rings. The highest BCUT2D eigenvalue weighted by Gasteiger charge is 2.27. The summed E-state index contributed by atoms with van der Waals surface area (Å²) in [6.45, 7) is 4.91. The number of rotatable bonds is 3. The van der Waals surface area contributed by atoms with Crippen molar-refractivity contribution in [2.24, 2.45) is 0 Å². The van der Waals surface area contributed by atoms with E-state index in [9.17, 15) is 8.42 Å². The zero-order valence-electron chi connectivity index (χ0n) is 10.4. The molecule has 94 valence electrons. The average molecular weight is 253 g/mol. The zero-order chi connectivity index (χ0) is 12.5. The first-order chi connectivity index (χ1) is 7.94. The molecule has 17 heavy (non-hydrogen) atoms. The molecule has 1 aromatic rings. The van der Waals surface area contributed by atoms with Gasteiger partial charge in [0, 0.05) is 12.6 Å². The Labute approximate surface area is 103 Å². The molecule has 1 saturated heterocycles. The first-order valence-electron chi connectivity index (χ1n) is 5.96. The zero-order valence-corrected chi connectivity index (χ0v) is 11.2. The molecule has 2 rings (SSSR count). The number of benzene rings is 1. The summed E-state index contributed by atoms with van der Waals surface area (Å²) in [7, 11) is -2.78. The molecule has 1 aliphatic rings. The van der Waals surface area contributed by atoms with Crippen LogP contribution >= 0.6 is 0 Å². The highest BCUT2D eigenvalue weighted by molar-refractivity contribution is 7.91. The number of hydrogen-bond acceptors (Lipinski definition) is 3. The van der Waals surface area contributed by atoms with Gasteiger partial charge >= 0.3 is 0 Å². The van der Waals surface area contributed by atoms with Gasteiger partial charge in [0.05, 0.1) is 11.5 Å². The van der Waals surface area contributed by atoms with E-state index < -0.39 is 9.84 Å². The smallest absolute Gasteiger partial charge is 0.151 e. The molecule has 0 aliphatic carbocycles. The van der Waals surface area contributed by atoms with Crippen molar-refractivity contribution in [3.63, 3.8) is 0 Å². The minimum atomic E-state index is -2.78. The van der Waals surface area contributed by atoms with Crippen LogP contribution < -0.4 is 5.32 Å². The van der Waals surface area contributed by atoms with Gasteiger partial charge in [-0.15, -0.1) is 0 Å². The minimum absolute atomic E-state index is 0.126. The van der Waals surface area contributed by atoms with Crippen molar-refractivity contribution >= 4 is 9.84 Å². The molecule has 0 spiro atoms. The molecule has 1 unspecified atom stereocenters. The van der Waals surface area contributed by atoms with Crippen molar-refractivity contribution in [2.45, 2.75) is 32.9 Å². The molecule has 1 atom stereocenters. The van der Waals surface area contributed by atoms with Gasteiger partial charge in [-0.1, -0.05) is 29.3 Å². The Kier molecular flexibility index (Phi) is 3.54. The average Bonchev–Trinajstić information content (AvgIpc) is 2.54. The Bertz CT molecular complexity index is 488. The number of hydrogen-bond donors (Lipinski definition) is 1. The monoisotopic (exact) mass is 253 g/mol. The van der Waals surface area contributed by atoms with Gasteiger partial charge in [0.1, 0.15) is 0 Å². The summed E-state index contributed by atoms with van der Waals surface area (Å²) >= 11 is 0. The van der Waals surface area contributed by atoms with Crippen LogP contribution in [0.15, 0.2) is 18.2 Å². The summed E-state index contributed by atoms with van der Waals surface area (Å²) in [4.78, 5) is 0. The van der Waals surface area contributed by atoms with E-state index >= 15 is 0 Å². The molecule has 1 N–H and O–H groups in total. The van der Waals surface area contributed by atoms with E-state index in [0.717, 1.165) is 13.0 Å². The summed E-state index contributed by atoms with van der Waals surface area (Å²) in [6.07, 6.45) is 0.743. The minimum Gasteiger partial charge on any atom is -0.309 e. The Morgan fingerprint density at radius 1 is 1.24 bits per heavy atom. The van der Waals surface area contributed by atoms with Crippen LogP contribution in [0.3, 0.4) is 0 Å². The van der Waals surface area contributed by atoms with Crippen LogP contribution in [-0.4, -0.2) is 26.0 Å². The topological polar surface area (TPSA) is 46.2 Å².